The van der Waals surface area contributed by atoms with E-state index in [0.717, 1.165) is 25.5 Å². The first-order valence-corrected chi connectivity index (χ1v) is 6.40. The van der Waals surface area contributed by atoms with Gasteiger partial charge >= 0.3 is 0 Å². The van der Waals surface area contributed by atoms with Crippen molar-refractivity contribution in [3.63, 3.8) is 0 Å². The summed E-state index contributed by atoms with van der Waals surface area (Å²) in [6.07, 6.45) is 2.08. The van der Waals surface area contributed by atoms with Gasteiger partial charge in [0.1, 0.15) is 5.82 Å². The molecule has 3 nitrogen and oxygen atoms in total. The normalized spacial score (nSPS) is 29.6. The van der Waals surface area contributed by atoms with Crippen molar-refractivity contribution in [3.8, 4) is 0 Å². The van der Waals surface area contributed by atoms with Gasteiger partial charge < -0.3 is 10.1 Å². The van der Waals surface area contributed by atoms with E-state index in [4.69, 9.17) is 16.3 Å². The van der Waals surface area contributed by atoms with Crippen molar-refractivity contribution in [3.05, 3.63) is 34.6 Å². The summed E-state index contributed by atoms with van der Waals surface area (Å²) >= 11 is 5.65. The summed E-state index contributed by atoms with van der Waals surface area (Å²) in [6.45, 7) is 0.761. The Balaban J connectivity index is 1.68. The lowest BCUT2D eigenvalue weighted by atomic mass is 9.76. The predicted molar refractivity (Wildman–Crippen MR) is 65.1 cm³/mol. The highest BCUT2D eigenvalue weighted by atomic mass is 35.5. The molecule has 1 aromatic rings. The van der Waals surface area contributed by atoms with Gasteiger partial charge in [0.05, 0.1) is 11.7 Å². The molecule has 2 fully saturated rings. The highest BCUT2D eigenvalue weighted by Gasteiger charge is 2.45. The zero-order valence-electron chi connectivity index (χ0n) is 9.66. The first-order valence-electron chi connectivity index (χ1n) is 6.02. The minimum absolute atomic E-state index is 0.0433. The molecule has 1 aliphatic carbocycles. The summed E-state index contributed by atoms with van der Waals surface area (Å²) in [4.78, 5) is 11.9. The van der Waals surface area contributed by atoms with Gasteiger partial charge in [0, 0.05) is 23.6 Å². The molecular weight excluding hydrogens is 257 g/mol. The standard InChI is InChI=1S/C13H13ClFNO2/c14-7-1-2-8(10(15)5-7)13(17)16-11-6-12-9(11)3-4-18-12/h1-2,5,9,11-12H,3-4,6H2,(H,16,17)/t9-,11+,12+/m1/s1. The van der Waals surface area contributed by atoms with Gasteiger partial charge in [0.15, 0.2) is 0 Å². The summed E-state index contributed by atoms with van der Waals surface area (Å²) in [5.41, 5.74) is 0.0433. The average molecular weight is 270 g/mol. The van der Waals surface area contributed by atoms with Crippen LogP contribution < -0.4 is 5.32 Å². The fraction of sp³-hybridized carbons (Fsp3) is 0.462. The van der Waals surface area contributed by atoms with Gasteiger partial charge in [-0.1, -0.05) is 11.6 Å². The molecule has 1 saturated heterocycles. The Morgan fingerprint density at radius 2 is 2.33 bits per heavy atom. The van der Waals surface area contributed by atoms with Crippen molar-refractivity contribution in [2.24, 2.45) is 5.92 Å². The molecule has 1 heterocycles. The molecule has 1 saturated carbocycles. The van der Waals surface area contributed by atoms with E-state index >= 15 is 0 Å². The van der Waals surface area contributed by atoms with Gasteiger partial charge in [0.2, 0.25) is 0 Å². The molecular formula is C13H13ClFNO2. The van der Waals surface area contributed by atoms with E-state index in [1.807, 2.05) is 0 Å². The van der Waals surface area contributed by atoms with Crippen LogP contribution in [0.5, 0.6) is 0 Å². The molecule has 3 rings (SSSR count). The Morgan fingerprint density at radius 1 is 1.50 bits per heavy atom. The minimum Gasteiger partial charge on any atom is -0.378 e. The molecule has 2 aliphatic rings. The number of hydrogen-bond donors (Lipinski definition) is 1. The monoisotopic (exact) mass is 269 g/mol. The van der Waals surface area contributed by atoms with Crippen molar-refractivity contribution in [1.29, 1.82) is 0 Å². The number of rotatable bonds is 2. The molecule has 3 atom stereocenters. The Hall–Kier alpha value is -1.13. The van der Waals surface area contributed by atoms with E-state index in [9.17, 15) is 9.18 Å². The average Bonchev–Trinajstić information content (AvgIpc) is 2.67. The molecule has 0 unspecified atom stereocenters. The van der Waals surface area contributed by atoms with Crippen LogP contribution in [0.25, 0.3) is 0 Å². The van der Waals surface area contributed by atoms with Gasteiger partial charge in [-0.25, -0.2) is 4.39 Å². The van der Waals surface area contributed by atoms with E-state index in [-0.39, 0.29) is 28.6 Å². The first kappa shape index (κ1) is 11.9. The molecule has 96 valence electrons. The van der Waals surface area contributed by atoms with Crippen LogP contribution in [0.2, 0.25) is 5.02 Å². The van der Waals surface area contributed by atoms with E-state index in [1.54, 1.807) is 0 Å². The van der Waals surface area contributed by atoms with Crippen LogP contribution in [0.4, 0.5) is 4.39 Å². The third-order valence-electron chi connectivity index (χ3n) is 3.76. The summed E-state index contributed by atoms with van der Waals surface area (Å²) in [5.74, 6) is -0.567. The number of halogens is 2. The van der Waals surface area contributed by atoms with Crippen molar-refractivity contribution in [2.45, 2.75) is 25.0 Å². The van der Waals surface area contributed by atoms with Gasteiger partial charge in [0.25, 0.3) is 5.91 Å². The number of amides is 1. The van der Waals surface area contributed by atoms with Crippen LogP contribution in [-0.4, -0.2) is 24.7 Å². The summed E-state index contributed by atoms with van der Waals surface area (Å²) < 4.78 is 19.0. The Morgan fingerprint density at radius 3 is 3.06 bits per heavy atom. The molecule has 1 aliphatic heterocycles. The van der Waals surface area contributed by atoms with E-state index in [1.165, 1.54) is 12.1 Å². The van der Waals surface area contributed by atoms with Crippen molar-refractivity contribution in [1.82, 2.24) is 5.32 Å². The number of ether oxygens (including phenoxy) is 1. The molecule has 0 bridgehead atoms. The van der Waals surface area contributed by atoms with Crippen LogP contribution in [0.1, 0.15) is 23.2 Å². The molecule has 0 spiro atoms. The van der Waals surface area contributed by atoms with E-state index < -0.39 is 5.82 Å². The number of hydrogen-bond acceptors (Lipinski definition) is 2. The van der Waals surface area contributed by atoms with Crippen molar-refractivity contribution < 1.29 is 13.9 Å². The minimum atomic E-state index is -0.585. The maximum Gasteiger partial charge on any atom is 0.254 e. The lowest BCUT2D eigenvalue weighted by Crippen LogP contribution is -2.53. The second-order valence-corrected chi connectivity index (χ2v) is 5.24. The highest BCUT2D eigenvalue weighted by molar-refractivity contribution is 6.30. The zero-order chi connectivity index (χ0) is 12.7. The topological polar surface area (TPSA) is 38.3 Å². The molecule has 18 heavy (non-hydrogen) atoms. The van der Waals surface area contributed by atoms with Crippen molar-refractivity contribution >= 4 is 17.5 Å². The van der Waals surface area contributed by atoms with Crippen LogP contribution in [0, 0.1) is 11.7 Å². The third kappa shape index (κ3) is 1.99. The zero-order valence-corrected chi connectivity index (χ0v) is 10.4. The van der Waals surface area contributed by atoms with Gasteiger partial charge in [-0.05, 0) is 31.0 Å². The van der Waals surface area contributed by atoms with Gasteiger partial charge in [-0.2, -0.15) is 0 Å². The smallest absolute Gasteiger partial charge is 0.254 e. The highest BCUT2D eigenvalue weighted by Crippen LogP contribution is 2.38. The maximum atomic E-state index is 13.6. The Kier molecular flexibility index (Phi) is 2.99. The second-order valence-electron chi connectivity index (χ2n) is 4.80. The Bertz CT molecular complexity index is 494. The number of fused-ring (bicyclic) bond motifs is 1. The maximum absolute atomic E-state index is 13.6. The fourth-order valence-electron chi connectivity index (χ4n) is 2.68. The summed E-state index contributed by atoms with van der Waals surface area (Å²) in [5, 5.41) is 3.15. The third-order valence-corrected chi connectivity index (χ3v) is 3.99. The van der Waals surface area contributed by atoms with E-state index in [2.05, 4.69) is 5.32 Å². The fourth-order valence-corrected chi connectivity index (χ4v) is 2.84. The van der Waals surface area contributed by atoms with E-state index in [0.29, 0.717) is 5.92 Å². The molecule has 1 aromatic carbocycles. The Labute approximate surface area is 109 Å². The van der Waals surface area contributed by atoms with Crippen LogP contribution in [-0.2, 0) is 4.74 Å². The van der Waals surface area contributed by atoms with Crippen LogP contribution >= 0.6 is 11.6 Å². The molecule has 5 heteroatoms. The number of carbonyl (C=O) groups excluding carboxylic acids is 1. The largest absolute Gasteiger partial charge is 0.378 e. The lowest BCUT2D eigenvalue weighted by molar-refractivity contribution is 0.00805. The van der Waals surface area contributed by atoms with Gasteiger partial charge in [-0.3, -0.25) is 4.79 Å². The number of carbonyl (C=O) groups is 1. The number of nitrogens with one attached hydrogen (secondary N) is 1. The number of benzene rings is 1. The SMILES string of the molecule is O=C(N[C@H]1C[C@@H]2OCC[C@H]12)c1ccc(Cl)cc1F. The molecule has 0 radical (unpaired) electrons. The summed E-state index contributed by atoms with van der Waals surface area (Å²) in [6, 6.07) is 4.19. The van der Waals surface area contributed by atoms with Crippen LogP contribution in [0.3, 0.4) is 0 Å². The predicted octanol–water partition coefficient (Wildman–Crippen LogP) is 2.39. The molecule has 0 aromatic heterocycles. The molecule has 1 amide bonds. The lowest BCUT2D eigenvalue weighted by Gasteiger charge is -2.39. The molecule has 1 N–H and O–H groups in total. The summed E-state index contributed by atoms with van der Waals surface area (Å²) in [7, 11) is 0. The first-order chi connectivity index (χ1) is 8.65. The van der Waals surface area contributed by atoms with Crippen molar-refractivity contribution in [2.75, 3.05) is 6.61 Å². The second kappa shape index (κ2) is 4.52. The quantitative estimate of drug-likeness (QED) is 0.895. The van der Waals surface area contributed by atoms with Crippen LogP contribution in [0.15, 0.2) is 18.2 Å². The van der Waals surface area contributed by atoms with Gasteiger partial charge in [-0.15, -0.1) is 0 Å².